The van der Waals surface area contributed by atoms with E-state index in [4.69, 9.17) is 9.47 Å². The molecule has 13 heavy (non-hydrogen) atoms. The van der Waals surface area contributed by atoms with Gasteiger partial charge in [0.05, 0.1) is 19.3 Å². The van der Waals surface area contributed by atoms with Gasteiger partial charge in [-0.25, -0.2) is 0 Å². The van der Waals surface area contributed by atoms with Gasteiger partial charge in [0.15, 0.2) is 0 Å². The van der Waals surface area contributed by atoms with Crippen LogP contribution in [0.5, 0.6) is 0 Å². The molecule has 0 saturated carbocycles. The second kappa shape index (κ2) is 8.23. The lowest BCUT2D eigenvalue weighted by atomic mass is 10.3. The number of hydrogen-bond acceptors (Lipinski definition) is 3. The maximum Gasteiger partial charge on any atom is 0.0784 e. The van der Waals surface area contributed by atoms with E-state index in [1.807, 2.05) is 20.9 Å². The summed E-state index contributed by atoms with van der Waals surface area (Å²) in [6.07, 6.45) is 0.147. The van der Waals surface area contributed by atoms with E-state index in [1.165, 1.54) is 0 Å². The summed E-state index contributed by atoms with van der Waals surface area (Å²) in [4.78, 5) is 0. The highest BCUT2D eigenvalue weighted by Gasteiger charge is 2.02. The summed E-state index contributed by atoms with van der Waals surface area (Å²) in [5.41, 5.74) is 1.06. The summed E-state index contributed by atoms with van der Waals surface area (Å²) in [5, 5.41) is 3.02. The fourth-order valence-corrected chi connectivity index (χ4v) is 0.893. The van der Waals surface area contributed by atoms with Crippen molar-refractivity contribution in [2.75, 3.05) is 33.4 Å². The maximum atomic E-state index is 5.49. The summed E-state index contributed by atoms with van der Waals surface area (Å²) < 4.78 is 10.7. The Morgan fingerprint density at radius 1 is 1.54 bits per heavy atom. The van der Waals surface area contributed by atoms with E-state index in [0.717, 1.165) is 18.7 Å². The van der Waals surface area contributed by atoms with Crippen molar-refractivity contribution in [1.82, 2.24) is 5.32 Å². The minimum absolute atomic E-state index is 0.147. The van der Waals surface area contributed by atoms with Crippen LogP contribution in [0.4, 0.5) is 0 Å². The van der Waals surface area contributed by atoms with Gasteiger partial charge in [-0.05, 0) is 26.5 Å². The Bertz CT molecular complexity index is 137. The number of nitrogens with one attached hydrogen (secondary N) is 1. The fourth-order valence-electron chi connectivity index (χ4n) is 0.893. The Morgan fingerprint density at radius 3 is 2.77 bits per heavy atom. The molecule has 1 N–H and O–H groups in total. The fraction of sp³-hybridized carbons (Fsp3) is 0.800. The molecule has 0 aromatic heterocycles. The van der Waals surface area contributed by atoms with E-state index < -0.39 is 0 Å². The molecule has 0 heterocycles. The van der Waals surface area contributed by atoms with Crippen LogP contribution in [0.15, 0.2) is 12.2 Å². The molecular weight excluding hydrogens is 166 g/mol. The highest BCUT2D eigenvalue weighted by Crippen LogP contribution is 1.96. The molecule has 0 aromatic rings. The molecule has 0 rings (SSSR count). The van der Waals surface area contributed by atoms with E-state index in [9.17, 15) is 0 Å². The van der Waals surface area contributed by atoms with Crippen LogP contribution in [0, 0.1) is 0 Å². The number of rotatable bonds is 8. The van der Waals surface area contributed by atoms with E-state index in [-0.39, 0.29) is 6.10 Å². The van der Waals surface area contributed by atoms with Crippen molar-refractivity contribution in [3.05, 3.63) is 12.2 Å². The first kappa shape index (κ1) is 12.6. The van der Waals surface area contributed by atoms with Crippen molar-refractivity contribution in [2.24, 2.45) is 0 Å². The van der Waals surface area contributed by atoms with Gasteiger partial charge >= 0.3 is 0 Å². The average Bonchev–Trinajstić information content (AvgIpc) is 2.12. The number of hydrogen-bond donors (Lipinski definition) is 1. The minimum atomic E-state index is 0.147. The summed E-state index contributed by atoms with van der Waals surface area (Å²) in [5.74, 6) is 0. The molecule has 0 aromatic carbocycles. The average molecular weight is 187 g/mol. The standard InChI is InChI=1S/C10H21NO2/c1-5-12-8-10(3)13-7-9(2)6-11-4/h10-11H,2,5-8H2,1,3-4H3. The molecule has 78 valence electrons. The summed E-state index contributed by atoms with van der Waals surface area (Å²) in [6.45, 7) is 10.7. The van der Waals surface area contributed by atoms with Crippen LogP contribution in [0.2, 0.25) is 0 Å². The van der Waals surface area contributed by atoms with E-state index in [2.05, 4.69) is 11.9 Å². The van der Waals surface area contributed by atoms with Crippen LogP contribution in [0.1, 0.15) is 13.8 Å². The van der Waals surface area contributed by atoms with Crippen molar-refractivity contribution in [3.63, 3.8) is 0 Å². The lowest BCUT2D eigenvalue weighted by Crippen LogP contribution is -2.20. The zero-order chi connectivity index (χ0) is 10.1. The van der Waals surface area contributed by atoms with Crippen molar-refractivity contribution in [3.8, 4) is 0 Å². The molecule has 0 aliphatic carbocycles. The second-order valence-corrected chi connectivity index (χ2v) is 3.06. The molecule has 0 spiro atoms. The van der Waals surface area contributed by atoms with Gasteiger partial charge in [0.1, 0.15) is 0 Å². The third-order valence-electron chi connectivity index (χ3n) is 1.56. The molecule has 0 amide bonds. The largest absolute Gasteiger partial charge is 0.379 e. The number of ether oxygens (including phenoxy) is 2. The first-order valence-corrected chi connectivity index (χ1v) is 4.71. The quantitative estimate of drug-likeness (QED) is 0.579. The van der Waals surface area contributed by atoms with Crippen molar-refractivity contribution in [1.29, 1.82) is 0 Å². The lowest BCUT2D eigenvalue weighted by molar-refractivity contribution is 0.00569. The van der Waals surface area contributed by atoms with Gasteiger partial charge in [-0.2, -0.15) is 0 Å². The SMILES string of the molecule is C=C(CNC)COC(C)COCC. The summed E-state index contributed by atoms with van der Waals surface area (Å²) in [6, 6.07) is 0. The molecule has 1 atom stereocenters. The van der Waals surface area contributed by atoms with Crippen LogP contribution >= 0.6 is 0 Å². The topological polar surface area (TPSA) is 30.5 Å². The van der Waals surface area contributed by atoms with E-state index >= 15 is 0 Å². The van der Waals surface area contributed by atoms with Crippen LogP contribution < -0.4 is 5.32 Å². The maximum absolute atomic E-state index is 5.49. The van der Waals surface area contributed by atoms with Gasteiger partial charge in [-0.3, -0.25) is 0 Å². The molecule has 1 unspecified atom stereocenters. The molecule has 0 radical (unpaired) electrons. The van der Waals surface area contributed by atoms with Gasteiger partial charge in [0, 0.05) is 13.2 Å². The predicted molar refractivity (Wildman–Crippen MR) is 55.0 cm³/mol. The third kappa shape index (κ3) is 7.96. The first-order valence-electron chi connectivity index (χ1n) is 4.71. The zero-order valence-electron chi connectivity index (χ0n) is 8.93. The van der Waals surface area contributed by atoms with Gasteiger partial charge in [0.2, 0.25) is 0 Å². The Morgan fingerprint density at radius 2 is 2.23 bits per heavy atom. The molecule has 0 aliphatic heterocycles. The summed E-state index contributed by atoms with van der Waals surface area (Å²) >= 11 is 0. The van der Waals surface area contributed by atoms with Crippen molar-refractivity contribution in [2.45, 2.75) is 20.0 Å². The molecule has 3 nitrogen and oxygen atoms in total. The normalized spacial score (nSPS) is 12.8. The van der Waals surface area contributed by atoms with Crippen molar-refractivity contribution < 1.29 is 9.47 Å². The monoisotopic (exact) mass is 187 g/mol. The first-order chi connectivity index (χ1) is 6.20. The smallest absolute Gasteiger partial charge is 0.0784 e. The Kier molecular flexibility index (Phi) is 7.99. The molecule has 3 heteroatoms. The highest BCUT2D eigenvalue weighted by molar-refractivity contribution is 4.96. The minimum Gasteiger partial charge on any atom is -0.379 e. The van der Waals surface area contributed by atoms with Gasteiger partial charge in [0.25, 0.3) is 0 Å². The van der Waals surface area contributed by atoms with Crippen LogP contribution in [-0.4, -0.2) is 39.5 Å². The zero-order valence-corrected chi connectivity index (χ0v) is 8.93. The Hall–Kier alpha value is -0.380. The molecule has 0 fully saturated rings. The third-order valence-corrected chi connectivity index (χ3v) is 1.56. The molecular formula is C10H21NO2. The molecule has 0 saturated heterocycles. The van der Waals surface area contributed by atoms with Crippen molar-refractivity contribution >= 4 is 0 Å². The predicted octanol–water partition coefficient (Wildman–Crippen LogP) is 1.20. The van der Waals surface area contributed by atoms with E-state index in [1.54, 1.807) is 0 Å². The molecule has 0 bridgehead atoms. The second-order valence-electron chi connectivity index (χ2n) is 3.06. The Labute approximate surface area is 81.1 Å². The van der Waals surface area contributed by atoms with Crippen LogP contribution in [0.25, 0.3) is 0 Å². The molecule has 0 aliphatic rings. The van der Waals surface area contributed by atoms with Gasteiger partial charge in [-0.1, -0.05) is 6.58 Å². The summed E-state index contributed by atoms with van der Waals surface area (Å²) in [7, 11) is 1.90. The van der Waals surface area contributed by atoms with Gasteiger partial charge in [-0.15, -0.1) is 0 Å². The lowest BCUT2D eigenvalue weighted by Gasteiger charge is -2.13. The van der Waals surface area contributed by atoms with Crippen LogP contribution in [-0.2, 0) is 9.47 Å². The highest BCUT2D eigenvalue weighted by atomic mass is 16.5. The van der Waals surface area contributed by atoms with Crippen LogP contribution in [0.3, 0.4) is 0 Å². The number of likely N-dealkylation sites (N-methyl/N-ethyl adjacent to an activating group) is 1. The Balaban J connectivity index is 3.34. The van der Waals surface area contributed by atoms with Gasteiger partial charge < -0.3 is 14.8 Å². The van der Waals surface area contributed by atoms with E-state index in [0.29, 0.717) is 13.2 Å².